The number of piperidine rings is 1. The summed E-state index contributed by atoms with van der Waals surface area (Å²) in [7, 11) is 0. The molecule has 2 rings (SSSR count). The van der Waals surface area contributed by atoms with Crippen molar-refractivity contribution in [3.8, 4) is 0 Å². The molecule has 1 aromatic carbocycles. The van der Waals surface area contributed by atoms with Crippen molar-refractivity contribution in [1.82, 2.24) is 0 Å². The molecule has 1 fully saturated rings. The zero-order valence-electron chi connectivity index (χ0n) is 9.40. The molecule has 0 unspecified atom stereocenters. The molecule has 1 aliphatic heterocycles. The Bertz CT molecular complexity index is 431. The second kappa shape index (κ2) is 5.21. The Labute approximate surface area is 111 Å². The van der Waals surface area contributed by atoms with Gasteiger partial charge < -0.3 is 15.7 Å². The lowest BCUT2D eigenvalue weighted by atomic mass is 10.1. The second-order valence-corrected chi connectivity index (χ2v) is 5.06. The Morgan fingerprint density at radius 1 is 1.41 bits per heavy atom. The smallest absolute Gasteiger partial charge is 0.107 e. The van der Waals surface area contributed by atoms with Crippen molar-refractivity contribution in [3.63, 3.8) is 0 Å². The van der Waals surface area contributed by atoms with Gasteiger partial charge in [0.25, 0.3) is 0 Å². The van der Waals surface area contributed by atoms with E-state index in [0.717, 1.165) is 37.2 Å². The van der Waals surface area contributed by atoms with Crippen molar-refractivity contribution >= 4 is 34.5 Å². The highest BCUT2D eigenvalue weighted by Crippen LogP contribution is 2.29. The van der Waals surface area contributed by atoms with Gasteiger partial charge in [-0.3, -0.25) is 0 Å². The summed E-state index contributed by atoms with van der Waals surface area (Å²) in [5, 5.41) is 10.1. The van der Waals surface area contributed by atoms with Crippen LogP contribution in [0, 0.1) is 0 Å². The van der Waals surface area contributed by atoms with Gasteiger partial charge in [0.1, 0.15) is 4.99 Å². The molecular weight excluding hydrogens is 256 g/mol. The maximum Gasteiger partial charge on any atom is 0.107 e. The standard InChI is InChI=1S/C12H15ClN2OS/c13-9-2-1-3-10(11(9)12(14)17)15-6-4-8(16)5-7-15/h1-3,8,16H,4-7H2,(H2,14,17). The largest absolute Gasteiger partial charge is 0.393 e. The van der Waals surface area contributed by atoms with Crippen LogP contribution < -0.4 is 10.6 Å². The first-order valence-corrected chi connectivity index (χ1v) is 6.39. The summed E-state index contributed by atoms with van der Waals surface area (Å²) < 4.78 is 0. The number of aliphatic hydroxyl groups is 1. The topological polar surface area (TPSA) is 49.5 Å². The fourth-order valence-corrected chi connectivity index (χ4v) is 2.67. The normalized spacial score (nSPS) is 17.2. The molecule has 0 atom stereocenters. The van der Waals surface area contributed by atoms with E-state index in [1.807, 2.05) is 12.1 Å². The van der Waals surface area contributed by atoms with Crippen LogP contribution in [0.15, 0.2) is 18.2 Å². The van der Waals surface area contributed by atoms with Gasteiger partial charge in [-0.1, -0.05) is 29.9 Å². The van der Waals surface area contributed by atoms with Gasteiger partial charge >= 0.3 is 0 Å². The summed E-state index contributed by atoms with van der Waals surface area (Å²) in [6.07, 6.45) is 1.34. The summed E-state index contributed by atoms with van der Waals surface area (Å²) in [5.74, 6) is 0. The number of halogens is 1. The molecule has 0 spiro atoms. The third kappa shape index (κ3) is 2.70. The summed E-state index contributed by atoms with van der Waals surface area (Å²) >= 11 is 11.2. The molecule has 0 aromatic heterocycles. The first-order chi connectivity index (χ1) is 8.09. The molecule has 0 bridgehead atoms. The zero-order valence-corrected chi connectivity index (χ0v) is 11.0. The molecule has 0 amide bonds. The van der Waals surface area contributed by atoms with Crippen molar-refractivity contribution in [2.24, 2.45) is 5.73 Å². The summed E-state index contributed by atoms with van der Waals surface area (Å²) in [6.45, 7) is 1.61. The van der Waals surface area contributed by atoms with E-state index in [2.05, 4.69) is 4.90 Å². The fourth-order valence-electron chi connectivity index (χ4n) is 2.13. The number of nitrogens with zero attached hydrogens (tertiary/aromatic N) is 1. The number of anilines is 1. The van der Waals surface area contributed by atoms with Gasteiger partial charge in [0.15, 0.2) is 0 Å². The van der Waals surface area contributed by atoms with E-state index in [1.54, 1.807) is 6.07 Å². The minimum atomic E-state index is -0.196. The van der Waals surface area contributed by atoms with Crippen LogP contribution in [0.5, 0.6) is 0 Å². The first kappa shape index (κ1) is 12.6. The fraction of sp³-hybridized carbons (Fsp3) is 0.417. The van der Waals surface area contributed by atoms with Crippen LogP contribution in [0.3, 0.4) is 0 Å². The van der Waals surface area contributed by atoms with Gasteiger partial charge in [0.05, 0.1) is 16.7 Å². The molecule has 1 aromatic rings. The maximum atomic E-state index is 9.50. The molecule has 1 heterocycles. The number of rotatable bonds is 2. The number of thiocarbonyl (C=S) groups is 1. The van der Waals surface area contributed by atoms with Crippen molar-refractivity contribution in [1.29, 1.82) is 0 Å². The highest BCUT2D eigenvalue weighted by molar-refractivity contribution is 7.80. The van der Waals surface area contributed by atoms with E-state index in [-0.39, 0.29) is 6.10 Å². The van der Waals surface area contributed by atoms with E-state index in [9.17, 15) is 5.11 Å². The van der Waals surface area contributed by atoms with Gasteiger partial charge in [-0.25, -0.2) is 0 Å². The van der Waals surface area contributed by atoms with Crippen molar-refractivity contribution in [2.75, 3.05) is 18.0 Å². The van der Waals surface area contributed by atoms with Gasteiger partial charge in [0.2, 0.25) is 0 Å². The molecule has 5 heteroatoms. The Morgan fingerprint density at radius 3 is 2.65 bits per heavy atom. The Hall–Kier alpha value is -0.840. The monoisotopic (exact) mass is 270 g/mol. The van der Waals surface area contributed by atoms with Crippen molar-refractivity contribution in [3.05, 3.63) is 28.8 Å². The SMILES string of the molecule is NC(=S)c1c(Cl)cccc1N1CCC(O)CC1. The van der Waals surface area contributed by atoms with Crippen molar-refractivity contribution in [2.45, 2.75) is 18.9 Å². The highest BCUT2D eigenvalue weighted by atomic mass is 35.5. The lowest BCUT2D eigenvalue weighted by molar-refractivity contribution is 0.145. The molecule has 1 aliphatic rings. The molecule has 0 radical (unpaired) electrons. The van der Waals surface area contributed by atoms with Gasteiger partial charge in [-0.2, -0.15) is 0 Å². The third-order valence-corrected chi connectivity index (χ3v) is 3.56. The minimum Gasteiger partial charge on any atom is -0.393 e. The van der Waals surface area contributed by atoms with Crippen molar-refractivity contribution < 1.29 is 5.11 Å². The molecule has 3 nitrogen and oxygen atoms in total. The average Bonchev–Trinajstić information content (AvgIpc) is 2.29. The van der Waals surface area contributed by atoms with Gasteiger partial charge in [-0.05, 0) is 25.0 Å². The number of benzene rings is 1. The molecule has 3 N–H and O–H groups in total. The maximum absolute atomic E-state index is 9.50. The van der Waals surface area contributed by atoms with Crippen LogP contribution in [0.25, 0.3) is 0 Å². The van der Waals surface area contributed by atoms with Gasteiger partial charge in [-0.15, -0.1) is 0 Å². The van der Waals surface area contributed by atoms with Crippen LogP contribution in [0.4, 0.5) is 5.69 Å². The van der Waals surface area contributed by atoms with E-state index in [0.29, 0.717) is 10.0 Å². The molecule has 17 heavy (non-hydrogen) atoms. The van der Waals surface area contributed by atoms with E-state index in [1.165, 1.54) is 0 Å². The van der Waals surface area contributed by atoms with Crippen LogP contribution in [0.1, 0.15) is 18.4 Å². The number of nitrogens with two attached hydrogens (primary N) is 1. The quantitative estimate of drug-likeness (QED) is 0.807. The van der Waals surface area contributed by atoms with Crippen LogP contribution in [-0.2, 0) is 0 Å². The summed E-state index contributed by atoms with van der Waals surface area (Å²) in [4.78, 5) is 2.49. The number of hydrogen-bond acceptors (Lipinski definition) is 3. The lowest BCUT2D eigenvalue weighted by Crippen LogP contribution is -2.37. The van der Waals surface area contributed by atoms with Gasteiger partial charge in [0, 0.05) is 18.8 Å². The summed E-state index contributed by atoms with van der Waals surface area (Å²) in [6, 6.07) is 5.65. The molecular formula is C12H15ClN2OS. The third-order valence-electron chi connectivity index (χ3n) is 3.04. The van der Waals surface area contributed by atoms with Crippen LogP contribution >= 0.6 is 23.8 Å². The molecule has 92 valence electrons. The minimum absolute atomic E-state index is 0.196. The van der Waals surface area contributed by atoms with E-state index in [4.69, 9.17) is 29.6 Å². The van der Waals surface area contributed by atoms with E-state index >= 15 is 0 Å². The second-order valence-electron chi connectivity index (χ2n) is 4.22. The number of aliphatic hydroxyl groups excluding tert-OH is 1. The number of hydrogen-bond donors (Lipinski definition) is 2. The summed E-state index contributed by atoms with van der Waals surface area (Å²) in [5.41, 5.74) is 7.43. The first-order valence-electron chi connectivity index (χ1n) is 5.61. The Balaban J connectivity index is 2.32. The highest BCUT2D eigenvalue weighted by Gasteiger charge is 2.21. The predicted molar refractivity (Wildman–Crippen MR) is 74.8 cm³/mol. The van der Waals surface area contributed by atoms with Crippen LogP contribution in [0.2, 0.25) is 5.02 Å². The molecule has 1 saturated heterocycles. The average molecular weight is 271 g/mol. The van der Waals surface area contributed by atoms with E-state index < -0.39 is 0 Å². The Kier molecular flexibility index (Phi) is 3.86. The zero-order chi connectivity index (χ0) is 12.4. The lowest BCUT2D eigenvalue weighted by Gasteiger charge is -2.33. The van der Waals surface area contributed by atoms with Crippen LogP contribution in [-0.4, -0.2) is 29.3 Å². The Morgan fingerprint density at radius 2 is 2.06 bits per heavy atom. The predicted octanol–water partition coefficient (Wildman–Crippen LogP) is 1.94. The molecule has 0 aliphatic carbocycles. The molecule has 0 saturated carbocycles.